The van der Waals surface area contributed by atoms with E-state index in [4.69, 9.17) is 0 Å². The van der Waals surface area contributed by atoms with Gasteiger partial charge in [0.1, 0.15) is 17.7 Å². The number of hydrogen-bond donors (Lipinski definition) is 1. The normalized spacial score (nSPS) is 11.8. The first-order valence-corrected chi connectivity index (χ1v) is 8.65. The summed E-state index contributed by atoms with van der Waals surface area (Å²) in [6.07, 6.45) is 3.59. The number of nitrogens with zero attached hydrogens (tertiary/aromatic N) is 2. The van der Waals surface area contributed by atoms with Crippen molar-refractivity contribution >= 4 is 11.7 Å². The zero-order chi connectivity index (χ0) is 19.2. The highest BCUT2D eigenvalue weighted by Gasteiger charge is 2.21. The maximum Gasteiger partial charge on any atom is 0.221 e. The van der Waals surface area contributed by atoms with Gasteiger partial charge in [0.05, 0.1) is 0 Å². The summed E-state index contributed by atoms with van der Waals surface area (Å²) in [5.74, 6) is -0.0702. The van der Waals surface area contributed by atoms with Crippen molar-refractivity contribution in [3.8, 4) is 0 Å². The van der Waals surface area contributed by atoms with Gasteiger partial charge in [0.25, 0.3) is 0 Å². The standard InChI is InChI=1S/C21H20FN3O2/c1-25-14-13-23-21(25)20(16-7-9-17(22)10-8-16)24-19(27)12-11-18(26)15-5-3-2-4-6-15/h2-10,13-14,20H,11-12H2,1H3,(H,24,27)/t20-/m0/s1. The number of amides is 1. The van der Waals surface area contributed by atoms with E-state index in [1.165, 1.54) is 12.1 Å². The molecule has 6 heteroatoms. The minimum Gasteiger partial charge on any atom is -0.342 e. The maximum absolute atomic E-state index is 13.3. The van der Waals surface area contributed by atoms with Crippen molar-refractivity contribution in [2.24, 2.45) is 7.05 Å². The summed E-state index contributed by atoms with van der Waals surface area (Å²) in [5, 5.41) is 2.91. The highest BCUT2D eigenvalue weighted by atomic mass is 19.1. The number of rotatable bonds is 7. The molecule has 138 valence electrons. The molecule has 0 radical (unpaired) electrons. The van der Waals surface area contributed by atoms with Crippen molar-refractivity contribution in [3.63, 3.8) is 0 Å². The van der Waals surface area contributed by atoms with Crippen molar-refractivity contribution in [2.45, 2.75) is 18.9 Å². The monoisotopic (exact) mass is 365 g/mol. The fourth-order valence-corrected chi connectivity index (χ4v) is 2.84. The quantitative estimate of drug-likeness (QED) is 0.653. The number of carbonyl (C=O) groups excluding carboxylic acids is 2. The van der Waals surface area contributed by atoms with E-state index in [2.05, 4.69) is 10.3 Å². The topological polar surface area (TPSA) is 64.0 Å². The number of aromatic nitrogens is 2. The molecule has 1 heterocycles. The number of benzene rings is 2. The first-order chi connectivity index (χ1) is 13.0. The molecular formula is C21H20FN3O2. The largest absolute Gasteiger partial charge is 0.342 e. The Balaban J connectivity index is 1.70. The molecule has 0 aliphatic heterocycles. The van der Waals surface area contributed by atoms with Crippen LogP contribution in [-0.2, 0) is 11.8 Å². The molecular weight excluding hydrogens is 345 g/mol. The van der Waals surface area contributed by atoms with E-state index in [9.17, 15) is 14.0 Å². The van der Waals surface area contributed by atoms with Gasteiger partial charge >= 0.3 is 0 Å². The zero-order valence-electron chi connectivity index (χ0n) is 14.9. The summed E-state index contributed by atoms with van der Waals surface area (Å²) in [7, 11) is 1.82. The van der Waals surface area contributed by atoms with Crippen molar-refractivity contribution in [3.05, 3.63) is 89.8 Å². The molecule has 0 spiro atoms. The molecule has 2 aromatic carbocycles. The molecule has 0 unspecified atom stereocenters. The second-order valence-corrected chi connectivity index (χ2v) is 6.24. The Bertz CT molecular complexity index is 920. The lowest BCUT2D eigenvalue weighted by atomic mass is 10.0. The molecule has 1 atom stereocenters. The Hall–Kier alpha value is -3.28. The van der Waals surface area contributed by atoms with Gasteiger partial charge in [-0.1, -0.05) is 42.5 Å². The van der Waals surface area contributed by atoms with Crippen LogP contribution < -0.4 is 5.32 Å². The van der Waals surface area contributed by atoms with Crippen molar-refractivity contribution in [1.29, 1.82) is 0 Å². The van der Waals surface area contributed by atoms with Gasteiger partial charge in [-0.25, -0.2) is 9.37 Å². The molecule has 0 aliphatic carbocycles. The Morgan fingerprint density at radius 1 is 1.07 bits per heavy atom. The van der Waals surface area contributed by atoms with Crippen molar-refractivity contribution in [1.82, 2.24) is 14.9 Å². The second kappa shape index (κ2) is 8.40. The van der Waals surface area contributed by atoms with Crippen LogP contribution in [0.4, 0.5) is 4.39 Å². The Morgan fingerprint density at radius 3 is 2.41 bits per heavy atom. The molecule has 0 saturated carbocycles. The molecule has 0 saturated heterocycles. The van der Waals surface area contributed by atoms with Gasteiger partial charge in [0.2, 0.25) is 5.91 Å². The molecule has 0 fully saturated rings. The van der Waals surface area contributed by atoms with Crippen LogP contribution in [0.5, 0.6) is 0 Å². The fraction of sp³-hybridized carbons (Fsp3) is 0.190. The van der Waals surface area contributed by atoms with E-state index in [0.717, 1.165) is 0 Å². The lowest BCUT2D eigenvalue weighted by molar-refractivity contribution is -0.121. The third kappa shape index (κ3) is 4.67. The van der Waals surface area contributed by atoms with E-state index >= 15 is 0 Å². The number of Topliss-reactive ketones (excluding diaryl/α,β-unsaturated/α-hetero) is 1. The van der Waals surface area contributed by atoms with Crippen LogP contribution >= 0.6 is 0 Å². The summed E-state index contributed by atoms with van der Waals surface area (Å²) < 4.78 is 15.1. The fourth-order valence-electron chi connectivity index (χ4n) is 2.84. The predicted molar refractivity (Wildman–Crippen MR) is 99.6 cm³/mol. The van der Waals surface area contributed by atoms with Crippen LogP contribution in [0, 0.1) is 5.82 Å². The molecule has 27 heavy (non-hydrogen) atoms. The van der Waals surface area contributed by atoms with Gasteiger partial charge < -0.3 is 9.88 Å². The highest BCUT2D eigenvalue weighted by molar-refractivity contribution is 5.97. The van der Waals surface area contributed by atoms with Gasteiger partial charge in [0.15, 0.2) is 5.78 Å². The van der Waals surface area contributed by atoms with Crippen LogP contribution in [0.15, 0.2) is 67.0 Å². The summed E-state index contributed by atoms with van der Waals surface area (Å²) in [6, 6.07) is 14.3. The van der Waals surface area contributed by atoms with Gasteiger partial charge in [-0.3, -0.25) is 9.59 Å². The van der Waals surface area contributed by atoms with Gasteiger partial charge in [0, 0.05) is 37.8 Å². The third-order valence-corrected chi connectivity index (χ3v) is 4.30. The lowest BCUT2D eigenvalue weighted by Gasteiger charge is -2.19. The van der Waals surface area contributed by atoms with Gasteiger partial charge in [-0.05, 0) is 17.7 Å². The molecule has 0 bridgehead atoms. The Labute approximate surface area is 156 Å². The molecule has 5 nitrogen and oxygen atoms in total. The molecule has 1 N–H and O–H groups in total. The van der Waals surface area contributed by atoms with Crippen LogP contribution in [0.2, 0.25) is 0 Å². The average Bonchev–Trinajstić information content (AvgIpc) is 3.11. The molecule has 0 aliphatic rings. The highest BCUT2D eigenvalue weighted by Crippen LogP contribution is 2.21. The van der Waals surface area contributed by atoms with E-state index in [0.29, 0.717) is 17.0 Å². The zero-order valence-corrected chi connectivity index (χ0v) is 14.9. The summed E-state index contributed by atoms with van der Waals surface area (Å²) in [5.41, 5.74) is 1.30. The first kappa shape index (κ1) is 18.5. The second-order valence-electron chi connectivity index (χ2n) is 6.24. The molecule has 1 aromatic heterocycles. The predicted octanol–water partition coefficient (Wildman–Crippen LogP) is 3.43. The third-order valence-electron chi connectivity index (χ3n) is 4.30. The smallest absolute Gasteiger partial charge is 0.221 e. The number of aryl methyl sites for hydroxylation is 1. The van der Waals surface area contributed by atoms with E-state index in [-0.39, 0.29) is 30.3 Å². The van der Waals surface area contributed by atoms with Crippen LogP contribution in [0.3, 0.4) is 0 Å². The number of imidazole rings is 1. The molecule has 3 aromatic rings. The maximum atomic E-state index is 13.3. The number of ketones is 1. The summed E-state index contributed by atoms with van der Waals surface area (Å²) in [4.78, 5) is 28.9. The van der Waals surface area contributed by atoms with Crippen LogP contribution in [-0.4, -0.2) is 21.2 Å². The average molecular weight is 365 g/mol. The van der Waals surface area contributed by atoms with Gasteiger partial charge in [-0.2, -0.15) is 0 Å². The van der Waals surface area contributed by atoms with E-state index in [1.54, 1.807) is 53.4 Å². The van der Waals surface area contributed by atoms with Crippen LogP contribution in [0.1, 0.15) is 40.6 Å². The van der Waals surface area contributed by atoms with E-state index < -0.39 is 6.04 Å². The van der Waals surface area contributed by atoms with Gasteiger partial charge in [-0.15, -0.1) is 0 Å². The first-order valence-electron chi connectivity index (χ1n) is 8.65. The minimum atomic E-state index is -0.523. The number of nitrogens with one attached hydrogen (secondary N) is 1. The Kier molecular flexibility index (Phi) is 5.76. The van der Waals surface area contributed by atoms with E-state index in [1.807, 2.05) is 13.1 Å². The molecule has 1 amide bonds. The van der Waals surface area contributed by atoms with Crippen molar-refractivity contribution in [2.75, 3.05) is 0 Å². The number of hydrogen-bond acceptors (Lipinski definition) is 3. The van der Waals surface area contributed by atoms with Crippen molar-refractivity contribution < 1.29 is 14.0 Å². The minimum absolute atomic E-state index is 0.0653. The molecule has 3 rings (SSSR count). The summed E-state index contributed by atoms with van der Waals surface area (Å²) >= 11 is 0. The van der Waals surface area contributed by atoms with Crippen LogP contribution in [0.25, 0.3) is 0 Å². The summed E-state index contributed by atoms with van der Waals surface area (Å²) in [6.45, 7) is 0. The lowest BCUT2D eigenvalue weighted by Crippen LogP contribution is -2.31. The number of carbonyl (C=O) groups is 2. The SMILES string of the molecule is Cn1ccnc1[C@@H](NC(=O)CCC(=O)c1ccccc1)c1ccc(F)cc1. The Morgan fingerprint density at radius 2 is 1.78 bits per heavy atom. The number of halogens is 1.